The van der Waals surface area contributed by atoms with Crippen LogP contribution in [0.15, 0.2) is 30.7 Å². The zero-order valence-electron chi connectivity index (χ0n) is 21.6. The van der Waals surface area contributed by atoms with Gasteiger partial charge in [0.25, 0.3) is 11.8 Å². The summed E-state index contributed by atoms with van der Waals surface area (Å²) in [7, 11) is 3.19. The quantitative estimate of drug-likeness (QED) is 0.234. The molecule has 0 bridgehead atoms. The molecule has 2 aliphatic rings. The lowest BCUT2D eigenvalue weighted by Gasteiger charge is -2.39. The van der Waals surface area contributed by atoms with E-state index < -0.39 is 17.2 Å². The molecule has 0 spiro atoms. The normalized spacial score (nSPS) is 17.6. The van der Waals surface area contributed by atoms with Gasteiger partial charge < -0.3 is 34.9 Å². The molecule has 2 heterocycles. The molecule has 11 heteroatoms. The third-order valence-electron chi connectivity index (χ3n) is 7.26. The number of carbonyl (C=O) groups is 2. The molecule has 1 aromatic carbocycles. The smallest absolute Gasteiger partial charge is 0.256 e. The predicted octanol–water partition coefficient (Wildman–Crippen LogP) is 2.69. The molecule has 0 radical (unpaired) electrons. The zero-order valence-corrected chi connectivity index (χ0v) is 21.6. The maximum atomic E-state index is 13.6. The summed E-state index contributed by atoms with van der Waals surface area (Å²) in [6.07, 6.45) is 7.82. The zero-order chi connectivity index (χ0) is 26.8. The van der Waals surface area contributed by atoms with Gasteiger partial charge in [0.2, 0.25) is 0 Å². The SMILES string of the molecule is COCCOc1cc(OC)ccc1-c1ncnc2c(C(=O)NC3(NC(=O)C4(O)CC4)CCCCC3)c[nH]c12. The molecule has 2 aromatic heterocycles. The molecule has 2 fully saturated rings. The van der Waals surface area contributed by atoms with Crippen LogP contribution in [0, 0.1) is 0 Å². The molecule has 0 unspecified atom stereocenters. The third kappa shape index (κ3) is 5.16. The number of hydrogen-bond acceptors (Lipinski definition) is 8. The molecule has 2 aliphatic carbocycles. The van der Waals surface area contributed by atoms with Crippen molar-refractivity contribution in [3.63, 3.8) is 0 Å². The Labute approximate surface area is 220 Å². The van der Waals surface area contributed by atoms with Gasteiger partial charge in [-0.1, -0.05) is 6.42 Å². The van der Waals surface area contributed by atoms with Gasteiger partial charge in [-0.25, -0.2) is 9.97 Å². The predicted molar refractivity (Wildman–Crippen MR) is 139 cm³/mol. The summed E-state index contributed by atoms with van der Waals surface area (Å²) in [5.74, 6) is 0.401. The first kappa shape index (κ1) is 25.9. The number of nitrogens with zero attached hydrogens (tertiary/aromatic N) is 2. The minimum absolute atomic E-state index is 0.336. The van der Waals surface area contributed by atoms with Crippen LogP contribution in [0.25, 0.3) is 22.3 Å². The van der Waals surface area contributed by atoms with E-state index in [1.807, 2.05) is 12.1 Å². The van der Waals surface area contributed by atoms with Crippen LogP contribution in [0.1, 0.15) is 55.3 Å². The summed E-state index contributed by atoms with van der Waals surface area (Å²) in [6, 6.07) is 5.43. The van der Waals surface area contributed by atoms with Crippen molar-refractivity contribution in [3.05, 3.63) is 36.3 Å². The standard InChI is InChI=1S/C27H33N5O6/c1-36-12-13-38-20-14-17(37-2)6-7-18(20)21-23-22(30-16-29-21)19(15-28-23)24(33)31-27(8-4-3-5-9-27)32-25(34)26(35)10-11-26/h6-7,14-16,28,35H,3-5,8-13H2,1-2H3,(H,31,33)(H,32,34). The number of amides is 2. The van der Waals surface area contributed by atoms with Gasteiger partial charge in [0.1, 0.15) is 46.9 Å². The van der Waals surface area contributed by atoms with Gasteiger partial charge in [-0.2, -0.15) is 0 Å². The topological polar surface area (TPSA) is 148 Å². The van der Waals surface area contributed by atoms with Gasteiger partial charge >= 0.3 is 0 Å². The molecule has 4 N–H and O–H groups in total. The van der Waals surface area contributed by atoms with Gasteiger partial charge in [-0.3, -0.25) is 9.59 Å². The van der Waals surface area contributed by atoms with Gasteiger partial charge in [-0.05, 0) is 50.7 Å². The van der Waals surface area contributed by atoms with E-state index in [9.17, 15) is 14.7 Å². The summed E-state index contributed by atoms with van der Waals surface area (Å²) < 4.78 is 16.4. The van der Waals surface area contributed by atoms with Crippen molar-refractivity contribution < 1.29 is 28.9 Å². The number of nitrogens with one attached hydrogen (secondary N) is 3. The molecular weight excluding hydrogens is 490 g/mol. The number of fused-ring (bicyclic) bond motifs is 1. The summed E-state index contributed by atoms with van der Waals surface area (Å²) in [4.78, 5) is 38.3. The van der Waals surface area contributed by atoms with Crippen LogP contribution < -0.4 is 20.1 Å². The second-order valence-electron chi connectivity index (χ2n) is 9.93. The average molecular weight is 524 g/mol. The van der Waals surface area contributed by atoms with Gasteiger partial charge in [0.05, 0.1) is 24.8 Å². The second kappa shape index (κ2) is 10.6. The molecule has 38 heavy (non-hydrogen) atoms. The molecule has 11 nitrogen and oxygen atoms in total. The van der Waals surface area contributed by atoms with E-state index in [0.29, 0.717) is 78.3 Å². The number of benzene rings is 1. The molecule has 0 atom stereocenters. The highest BCUT2D eigenvalue weighted by atomic mass is 16.5. The van der Waals surface area contributed by atoms with Crippen molar-refractivity contribution in [1.29, 1.82) is 0 Å². The summed E-state index contributed by atoms with van der Waals surface area (Å²) in [6.45, 7) is 0.755. The maximum Gasteiger partial charge on any atom is 0.256 e. The third-order valence-corrected chi connectivity index (χ3v) is 7.26. The van der Waals surface area contributed by atoms with Crippen LogP contribution in [0.5, 0.6) is 11.5 Å². The summed E-state index contributed by atoms with van der Waals surface area (Å²) in [5, 5.41) is 16.3. The first-order valence-electron chi connectivity index (χ1n) is 12.9. The van der Waals surface area contributed by atoms with E-state index in [2.05, 4.69) is 25.6 Å². The summed E-state index contributed by atoms with van der Waals surface area (Å²) >= 11 is 0. The van der Waals surface area contributed by atoms with Crippen molar-refractivity contribution in [3.8, 4) is 22.8 Å². The Hall–Kier alpha value is -3.70. The van der Waals surface area contributed by atoms with Crippen molar-refractivity contribution >= 4 is 22.8 Å². The maximum absolute atomic E-state index is 13.6. The molecular formula is C27H33N5O6. The number of aromatic nitrogens is 3. The minimum Gasteiger partial charge on any atom is -0.497 e. The lowest BCUT2D eigenvalue weighted by atomic mass is 9.88. The van der Waals surface area contributed by atoms with Crippen molar-refractivity contribution in [2.75, 3.05) is 27.4 Å². The Balaban J connectivity index is 1.45. The number of H-pyrrole nitrogens is 1. The van der Waals surface area contributed by atoms with E-state index in [4.69, 9.17) is 14.2 Å². The lowest BCUT2D eigenvalue weighted by Crippen LogP contribution is -2.63. The number of rotatable bonds is 10. The molecule has 0 aliphatic heterocycles. The van der Waals surface area contributed by atoms with E-state index in [-0.39, 0.29) is 5.91 Å². The molecule has 5 rings (SSSR count). The Morgan fingerprint density at radius 2 is 1.84 bits per heavy atom. The van der Waals surface area contributed by atoms with E-state index in [1.165, 1.54) is 6.33 Å². The summed E-state index contributed by atoms with van der Waals surface area (Å²) in [5.41, 5.74) is 0.403. The van der Waals surface area contributed by atoms with E-state index in [1.54, 1.807) is 26.5 Å². The lowest BCUT2D eigenvalue weighted by molar-refractivity contribution is -0.134. The molecule has 202 valence electrons. The first-order valence-corrected chi connectivity index (χ1v) is 12.9. The average Bonchev–Trinajstić information content (AvgIpc) is 3.53. The molecule has 3 aromatic rings. The monoisotopic (exact) mass is 523 g/mol. The van der Waals surface area contributed by atoms with Crippen molar-refractivity contribution in [1.82, 2.24) is 25.6 Å². The van der Waals surface area contributed by atoms with E-state index >= 15 is 0 Å². The number of carbonyl (C=O) groups excluding carboxylic acids is 2. The van der Waals surface area contributed by atoms with Gasteiger partial charge in [0.15, 0.2) is 0 Å². The Kier molecular flexibility index (Phi) is 7.22. The van der Waals surface area contributed by atoms with Gasteiger partial charge in [0, 0.05) is 24.9 Å². The number of ether oxygens (including phenoxy) is 3. The highest BCUT2D eigenvalue weighted by Gasteiger charge is 2.50. The number of methoxy groups -OCH3 is 2. The van der Waals surface area contributed by atoms with Crippen LogP contribution in [0.2, 0.25) is 0 Å². The largest absolute Gasteiger partial charge is 0.497 e. The second-order valence-corrected chi connectivity index (χ2v) is 9.93. The van der Waals surface area contributed by atoms with Crippen LogP contribution in [-0.2, 0) is 9.53 Å². The van der Waals surface area contributed by atoms with Crippen LogP contribution in [0.4, 0.5) is 0 Å². The molecule has 0 saturated heterocycles. The van der Waals surface area contributed by atoms with Crippen LogP contribution in [0.3, 0.4) is 0 Å². The number of aromatic amines is 1. The Morgan fingerprint density at radius 3 is 2.55 bits per heavy atom. The molecule has 2 saturated carbocycles. The first-order chi connectivity index (χ1) is 18.4. The molecule has 2 amide bonds. The van der Waals surface area contributed by atoms with Crippen LogP contribution >= 0.6 is 0 Å². The number of aliphatic hydroxyl groups is 1. The highest BCUT2D eigenvalue weighted by Crippen LogP contribution is 2.38. The van der Waals surface area contributed by atoms with Gasteiger partial charge in [-0.15, -0.1) is 0 Å². The number of hydrogen-bond donors (Lipinski definition) is 4. The highest BCUT2D eigenvalue weighted by molar-refractivity contribution is 6.08. The van der Waals surface area contributed by atoms with Crippen molar-refractivity contribution in [2.24, 2.45) is 0 Å². The Bertz CT molecular complexity index is 1330. The van der Waals surface area contributed by atoms with E-state index in [0.717, 1.165) is 19.3 Å². The Morgan fingerprint density at radius 1 is 1.05 bits per heavy atom. The fraction of sp³-hybridized carbons (Fsp3) is 0.481. The fourth-order valence-electron chi connectivity index (χ4n) is 4.90. The van der Waals surface area contributed by atoms with Crippen molar-refractivity contribution in [2.45, 2.75) is 56.2 Å². The fourth-order valence-corrected chi connectivity index (χ4v) is 4.90. The van der Waals surface area contributed by atoms with Crippen LogP contribution in [-0.4, -0.2) is 70.6 Å². The minimum atomic E-state index is -1.32.